The van der Waals surface area contributed by atoms with E-state index in [-0.39, 0.29) is 11.8 Å². The van der Waals surface area contributed by atoms with E-state index in [1.165, 1.54) is 11.1 Å². The van der Waals surface area contributed by atoms with Gasteiger partial charge in [0, 0.05) is 29.9 Å². The molecule has 1 rings (SSSR count). The van der Waals surface area contributed by atoms with Crippen molar-refractivity contribution < 1.29 is 8.42 Å². The van der Waals surface area contributed by atoms with E-state index >= 15 is 0 Å². The SMILES string of the molecule is CCNC(=NCc1ncc(CC)s1)NC(C)CCS(C)(=O)=O. The van der Waals surface area contributed by atoms with E-state index in [0.717, 1.165) is 18.0 Å². The van der Waals surface area contributed by atoms with E-state index in [1.54, 1.807) is 11.3 Å². The molecule has 0 saturated heterocycles. The molecule has 1 heterocycles. The van der Waals surface area contributed by atoms with Crippen LogP contribution in [0.5, 0.6) is 0 Å². The Kier molecular flexibility index (Phi) is 7.81. The lowest BCUT2D eigenvalue weighted by Gasteiger charge is -2.17. The standard InChI is InChI=1S/C14H26N4O2S2/c1-5-12-9-16-13(21-12)10-17-14(15-6-2)18-11(3)7-8-22(4,19)20/h9,11H,5-8,10H2,1-4H3,(H2,15,17,18). The smallest absolute Gasteiger partial charge is 0.191 e. The molecule has 0 fully saturated rings. The molecule has 0 spiro atoms. The van der Waals surface area contributed by atoms with Gasteiger partial charge in [-0.05, 0) is 26.7 Å². The molecule has 0 saturated carbocycles. The van der Waals surface area contributed by atoms with Crippen molar-refractivity contribution in [2.24, 2.45) is 4.99 Å². The Bertz CT molecular complexity index is 581. The third-order valence-electron chi connectivity index (χ3n) is 2.97. The van der Waals surface area contributed by atoms with Gasteiger partial charge in [-0.1, -0.05) is 6.92 Å². The molecule has 0 aromatic carbocycles. The number of guanidine groups is 1. The van der Waals surface area contributed by atoms with Gasteiger partial charge in [0.15, 0.2) is 5.96 Å². The van der Waals surface area contributed by atoms with Crippen molar-refractivity contribution in [2.45, 2.75) is 46.2 Å². The number of hydrogen-bond donors (Lipinski definition) is 2. The van der Waals surface area contributed by atoms with E-state index in [0.29, 0.717) is 18.9 Å². The second-order valence-electron chi connectivity index (χ2n) is 5.23. The van der Waals surface area contributed by atoms with Gasteiger partial charge in [0.2, 0.25) is 0 Å². The summed E-state index contributed by atoms with van der Waals surface area (Å²) < 4.78 is 22.4. The van der Waals surface area contributed by atoms with Gasteiger partial charge in [-0.25, -0.2) is 18.4 Å². The quantitative estimate of drug-likeness (QED) is 0.552. The van der Waals surface area contributed by atoms with E-state index in [9.17, 15) is 8.42 Å². The molecule has 1 atom stereocenters. The van der Waals surface area contributed by atoms with E-state index < -0.39 is 9.84 Å². The number of rotatable bonds is 8. The highest BCUT2D eigenvalue weighted by molar-refractivity contribution is 7.90. The topological polar surface area (TPSA) is 83.4 Å². The van der Waals surface area contributed by atoms with Crippen molar-refractivity contribution >= 4 is 27.1 Å². The summed E-state index contributed by atoms with van der Waals surface area (Å²) in [6, 6.07) is 0.0371. The summed E-state index contributed by atoms with van der Waals surface area (Å²) in [7, 11) is -2.93. The third kappa shape index (κ3) is 7.74. The van der Waals surface area contributed by atoms with Gasteiger partial charge < -0.3 is 10.6 Å². The van der Waals surface area contributed by atoms with Crippen LogP contribution in [0.3, 0.4) is 0 Å². The number of nitrogens with one attached hydrogen (secondary N) is 2. The van der Waals surface area contributed by atoms with Crippen LogP contribution in [0.4, 0.5) is 0 Å². The van der Waals surface area contributed by atoms with Gasteiger partial charge in [0.05, 0.1) is 12.3 Å². The number of aryl methyl sites for hydroxylation is 1. The summed E-state index contributed by atoms with van der Waals surface area (Å²) >= 11 is 1.67. The number of nitrogens with zero attached hydrogens (tertiary/aromatic N) is 2. The maximum absolute atomic E-state index is 11.2. The fourth-order valence-corrected chi connectivity index (χ4v) is 3.32. The molecular formula is C14H26N4O2S2. The summed E-state index contributed by atoms with van der Waals surface area (Å²) in [6.07, 6.45) is 4.69. The molecule has 22 heavy (non-hydrogen) atoms. The molecule has 1 aromatic heterocycles. The van der Waals surface area contributed by atoms with Crippen molar-refractivity contribution in [1.82, 2.24) is 15.6 Å². The number of aliphatic imine (C=N–C) groups is 1. The fourth-order valence-electron chi connectivity index (χ4n) is 1.75. The summed E-state index contributed by atoms with van der Waals surface area (Å²) in [6.45, 7) is 7.34. The van der Waals surface area contributed by atoms with Crippen LogP contribution in [0.25, 0.3) is 0 Å². The molecular weight excluding hydrogens is 320 g/mol. The van der Waals surface area contributed by atoms with Crippen LogP contribution in [-0.2, 0) is 22.8 Å². The number of thiazole rings is 1. The van der Waals surface area contributed by atoms with Crippen LogP contribution in [-0.4, -0.2) is 44.0 Å². The van der Waals surface area contributed by atoms with Crippen LogP contribution >= 0.6 is 11.3 Å². The van der Waals surface area contributed by atoms with Crippen LogP contribution in [0.15, 0.2) is 11.2 Å². The van der Waals surface area contributed by atoms with Gasteiger partial charge in [-0.2, -0.15) is 0 Å². The lowest BCUT2D eigenvalue weighted by molar-refractivity contribution is 0.581. The molecule has 0 aliphatic rings. The van der Waals surface area contributed by atoms with Crippen molar-refractivity contribution in [1.29, 1.82) is 0 Å². The van der Waals surface area contributed by atoms with Gasteiger partial charge >= 0.3 is 0 Å². The first-order chi connectivity index (χ1) is 10.3. The first-order valence-corrected chi connectivity index (χ1v) is 10.4. The Hall–Kier alpha value is -1.15. The number of aromatic nitrogens is 1. The lowest BCUT2D eigenvalue weighted by atomic mass is 10.3. The largest absolute Gasteiger partial charge is 0.357 e. The third-order valence-corrected chi connectivity index (χ3v) is 5.08. The highest BCUT2D eigenvalue weighted by atomic mass is 32.2. The van der Waals surface area contributed by atoms with Crippen LogP contribution < -0.4 is 10.6 Å². The van der Waals surface area contributed by atoms with E-state index in [4.69, 9.17) is 0 Å². The van der Waals surface area contributed by atoms with Crippen LogP contribution in [0, 0.1) is 0 Å². The monoisotopic (exact) mass is 346 g/mol. The summed E-state index contributed by atoms with van der Waals surface area (Å²) in [5.41, 5.74) is 0. The average molecular weight is 347 g/mol. The maximum Gasteiger partial charge on any atom is 0.191 e. The second kappa shape index (κ2) is 9.09. The molecule has 1 aromatic rings. The Morgan fingerprint density at radius 3 is 2.73 bits per heavy atom. The van der Waals surface area contributed by atoms with Gasteiger partial charge in [0.1, 0.15) is 14.8 Å². The van der Waals surface area contributed by atoms with Crippen molar-refractivity contribution in [3.05, 3.63) is 16.1 Å². The summed E-state index contributed by atoms with van der Waals surface area (Å²) in [5.74, 6) is 0.865. The zero-order chi connectivity index (χ0) is 16.6. The Labute approximate surface area is 137 Å². The minimum Gasteiger partial charge on any atom is -0.357 e. The lowest BCUT2D eigenvalue weighted by Crippen LogP contribution is -2.42. The molecule has 0 amide bonds. The molecule has 6 nitrogen and oxygen atoms in total. The molecule has 0 radical (unpaired) electrons. The zero-order valence-electron chi connectivity index (χ0n) is 13.7. The van der Waals surface area contributed by atoms with Crippen LogP contribution in [0.1, 0.15) is 37.1 Å². The first kappa shape index (κ1) is 18.9. The fraction of sp³-hybridized carbons (Fsp3) is 0.714. The number of sulfone groups is 1. The first-order valence-electron chi connectivity index (χ1n) is 7.50. The predicted molar refractivity (Wildman–Crippen MR) is 93.2 cm³/mol. The van der Waals surface area contributed by atoms with E-state index in [2.05, 4.69) is 27.5 Å². The van der Waals surface area contributed by atoms with Gasteiger partial charge in [0.25, 0.3) is 0 Å². The molecule has 8 heteroatoms. The Morgan fingerprint density at radius 1 is 1.45 bits per heavy atom. The highest BCUT2D eigenvalue weighted by Gasteiger charge is 2.09. The Balaban J connectivity index is 2.57. The summed E-state index contributed by atoms with van der Waals surface area (Å²) in [5, 5.41) is 7.38. The van der Waals surface area contributed by atoms with Crippen molar-refractivity contribution in [2.75, 3.05) is 18.6 Å². The highest BCUT2D eigenvalue weighted by Crippen LogP contribution is 2.13. The predicted octanol–water partition coefficient (Wildman–Crippen LogP) is 1.58. The molecule has 0 bridgehead atoms. The molecule has 1 unspecified atom stereocenters. The molecule has 126 valence electrons. The summed E-state index contributed by atoms with van der Waals surface area (Å²) in [4.78, 5) is 10.1. The molecule has 0 aliphatic carbocycles. The second-order valence-corrected chi connectivity index (χ2v) is 8.69. The number of hydrogen-bond acceptors (Lipinski definition) is 5. The maximum atomic E-state index is 11.2. The molecule has 2 N–H and O–H groups in total. The minimum absolute atomic E-state index is 0.0371. The zero-order valence-corrected chi connectivity index (χ0v) is 15.4. The average Bonchev–Trinajstić information content (AvgIpc) is 2.90. The Morgan fingerprint density at radius 2 is 2.18 bits per heavy atom. The van der Waals surface area contributed by atoms with Gasteiger partial charge in [-0.3, -0.25) is 0 Å². The van der Waals surface area contributed by atoms with E-state index in [1.807, 2.05) is 20.0 Å². The normalized spacial score (nSPS) is 13.9. The molecule has 0 aliphatic heterocycles. The van der Waals surface area contributed by atoms with Crippen molar-refractivity contribution in [3.63, 3.8) is 0 Å². The van der Waals surface area contributed by atoms with Gasteiger partial charge in [-0.15, -0.1) is 11.3 Å². The van der Waals surface area contributed by atoms with Crippen LogP contribution in [0.2, 0.25) is 0 Å². The van der Waals surface area contributed by atoms with Crippen molar-refractivity contribution in [3.8, 4) is 0 Å². The minimum atomic E-state index is -2.93.